The van der Waals surface area contributed by atoms with Crippen molar-refractivity contribution in [3.05, 3.63) is 21.7 Å². The van der Waals surface area contributed by atoms with Gasteiger partial charge >= 0.3 is 0 Å². The second-order valence-electron chi connectivity index (χ2n) is 2.60. The number of halogens is 2. The fourth-order valence-corrected chi connectivity index (χ4v) is 1.65. The minimum Gasteiger partial charge on any atom is -0.367 e. The summed E-state index contributed by atoms with van der Waals surface area (Å²) in [4.78, 5) is 7.86. The molecule has 0 aliphatic carbocycles. The topological polar surface area (TPSA) is 35.0 Å². The zero-order valence-electron chi connectivity index (χ0n) is 6.34. The number of aromatic nitrogens is 2. The molecule has 1 aromatic heterocycles. The van der Waals surface area contributed by atoms with E-state index >= 15 is 0 Å². The van der Waals surface area contributed by atoms with Crippen molar-refractivity contribution in [3.63, 3.8) is 0 Å². The Balaban J connectivity index is 2.60. The SMILES string of the molecule is C[C@@H]1OCc2c(Cl)nc(Cl)nc21. The third-order valence-electron chi connectivity index (χ3n) is 1.82. The van der Waals surface area contributed by atoms with Gasteiger partial charge in [-0.05, 0) is 18.5 Å². The first-order valence-electron chi connectivity index (χ1n) is 3.52. The number of fused-ring (bicyclic) bond motifs is 1. The number of ether oxygens (including phenoxy) is 1. The molecule has 5 heteroatoms. The Bertz CT molecular complexity index is 329. The monoisotopic (exact) mass is 204 g/mol. The molecular weight excluding hydrogens is 199 g/mol. The Hall–Kier alpha value is -0.380. The molecule has 0 saturated carbocycles. The fourth-order valence-electron chi connectivity index (χ4n) is 1.20. The Kier molecular flexibility index (Phi) is 1.94. The van der Waals surface area contributed by atoms with E-state index in [4.69, 9.17) is 27.9 Å². The molecule has 1 atom stereocenters. The van der Waals surface area contributed by atoms with Crippen LogP contribution in [0.3, 0.4) is 0 Å². The summed E-state index contributed by atoms with van der Waals surface area (Å²) < 4.78 is 5.31. The Morgan fingerprint density at radius 3 is 2.92 bits per heavy atom. The summed E-state index contributed by atoms with van der Waals surface area (Å²) in [5.74, 6) is 0. The molecule has 3 nitrogen and oxygen atoms in total. The third-order valence-corrected chi connectivity index (χ3v) is 2.31. The second-order valence-corrected chi connectivity index (χ2v) is 3.30. The van der Waals surface area contributed by atoms with Gasteiger partial charge in [-0.2, -0.15) is 0 Å². The van der Waals surface area contributed by atoms with Gasteiger partial charge in [-0.3, -0.25) is 0 Å². The molecule has 0 amide bonds. The first-order valence-corrected chi connectivity index (χ1v) is 4.27. The van der Waals surface area contributed by atoms with E-state index in [1.807, 2.05) is 6.92 Å². The van der Waals surface area contributed by atoms with Gasteiger partial charge in [0.05, 0.1) is 18.4 Å². The van der Waals surface area contributed by atoms with Gasteiger partial charge in [0, 0.05) is 5.56 Å². The molecule has 0 radical (unpaired) electrons. The standard InChI is InChI=1S/C7H6Cl2N2O/c1-3-5-4(2-12-3)6(8)11-7(9)10-5/h3H,2H2,1H3/t3-/m0/s1. The molecule has 12 heavy (non-hydrogen) atoms. The molecule has 2 rings (SSSR count). The highest BCUT2D eigenvalue weighted by atomic mass is 35.5. The number of hydrogen-bond donors (Lipinski definition) is 0. The van der Waals surface area contributed by atoms with Crippen molar-refractivity contribution in [1.29, 1.82) is 0 Å². The molecule has 1 aliphatic rings. The fraction of sp³-hybridized carbons (Fsp3) is 0.429. The van der Waals surface area contributed by atoms with Gasteiger partial charge in [-0.1, -0.05) is 11.6 Å². The molecule has 0 saturated heterocycles. The van der Waals surface area contributed by atoms with E-state index in [0.717, 1.165) is 11.3 Å². The van der Waals surface area contributed by atoms with Crippen LogP contribution in [0.4, 0.5) is 0 Å². The van der Waals surface area contributed by atoms with Crippen LogP contribution in [0.15, 0.2) is 0 Å². The maximum absolute atomic E-state index is 5.82. The minimum atomic E-state index is -0.0296. The molecule has 2 heterocycles. The van der Waals surface area contributed by atoms with Gasteiger partial charge in [0.25, 0.3) is 0 Å². The zero-order chi connectivity index (χ0) is 8.72. The molecule has 0 aromatic carbocycles. The lowest BCUT2D eigenvalue weighted by Gasteiger charge is -2.01. The van der Waals surface area contributed by atoms with E-state index in [-0.39, 0.29) is 11.4 Å². The molecule has 0 fully saturated rings. The van der Waals surface area contributed by atoms with Crippen LogP contribution in [0.2, 0.25) is 10.4 Å². The lowest BCUT2D eigenvalue weighted by atomic mass is 10.2. The number of rotatable bonds is 0. The summed E-state index contributed by atoms with van der Waals surface area (Å²) in [7, 11) is 0. The van der Waals surface area contributed by atoms with E-state index in [1.54, 1.807) is 0 Å². The highest BCUT2D eigenvalue weighted by Gasteiger charge is 2.24. The van der Waals surface area contributed by atoms with Crippen molar-refractivity contribution >= 4 is 23.2 Å². The van der Waals surface area contributed by atoms with Gasteiger partial charge in [-0.25, -0.2) is 9.97 Å². The maximum Gasteiger partial charge on any atom is 0.224 e. The van der Waals surface area contributed by atoms with Gasteiger partial charge in [0.1, 0.15) is 5.15 Å². The van der Waals surface area contributed by atoms with Crippen LogP contribution >= 0.6 is 23.2 Å². The molecule has 0 unspecified atom stereocenters. The van der Waals surface area contributed by atoms with Crippen LogP contribution in [-0.4, -0.2) is 9.97 Å². The van der Waals surface area contributed by atoms with Crippen molar-refractivity contribution in [2.45, 2.75) is 19.6 Å². The quantitative estimate of drug-likeness (QED) is 0.481. The van der Waals surface area contributed by atoms with Crippen LogP contribution in [0.25, 0.3) is 0 Å². The van der Waals surface area contributed by atoms with Gasteiger partial charge in [0.2, 0.25) is 5.28 Å². The van der Waals surface area contributed by atoms with Gasteiger partial charge in [0.15, 0.2) is 0 Å². The summed E-state index contributed by atoms with van der Waals surface area (Å²) in [6.45, 7) is 2.39. The lowest BCUT2D eigenvalue weighted by molar-refractivity contribution is 0.0779. The van der Waals surface area contributed by atoms with Crippen molar-refractivity contribution in [2.24, 2.45) is 0 Å². The normalized spacial score (nSPS) is 21.1. The molecular formula is C7H6Cl2N2O. The molecule has 0 spiro atoms. The maximum atomic E-state index is 5.82. The van der Waals surface area contributed by atoms with E-state index in [0.29, 0.717) is 11.8 Å². The summed E-state index contributed by atoms with van der Waals surface area (Å²) in [6.07, 6.45) is -0.0296. The van der Waals surface area contributed by atoms with Crippen LogP contribution in [0, 0.1) is 0 Å². The van der Waals surface area contributed by atoms with Crippen LogP contribution in [0.5, 0.6) is 0 Å². The van der Waals surface area contributed by atoms with Gasteiger partial charge < -0.3 is 4.74 Å². The average molecular weight is 205 g/mol. The Morgan fingerprint density at radius 1 is 1.42 bits per heavy atom. The number of hydrogen-bond acceptors (Lipinski definition) is 3. The summed E-state index contributed by atoms with van der Waals surface area (Å²) >= 11 is 11.5. The first-order chi connectivity index (χ1) is 5.68. The largest absolute Gasteiger partial charge is 0.367 e. The van der Waals surface area contributed by atoms with Crippen molar-refractivity contribution in [2.75, 3.05) is 0 Å². The summed E-state index contributed by atoms with van der Waals surface area (Å²) in [5.41, 5.74) is 1.66. The van der Waals surface area contributed by atoms with E-state index in [1.165, 1.54) is 0 Å². The van der Waals surface area contributed by atoms with Crippen molar-refractivity contribution in [3.8, 4) is 0 Å². The second kappa shape index (κ2) is 2.83. The van der Waals surface area contributed by atoms with Gasteiger partial charge in [-0.15, -0.1) is 0 Å². The van der Waals surface area contributed by atoms with Crippen LogP contribution in [0.1, 0.15) is 24.3 Å². The molecule has 1 aromatic rings. The van der Waals surface area contributed by atoms with Crippen molar-refractivity contribution < 1.29 is 4.74 Å². The summed E-state index contributed by atoms with van der Waals surface area (Å²) in [6, 6.07) is 0. The zero-order valence-corrected chi connectivity index (χ0v) is 7.85. The minimum absolute atomic E-state index is 0.0296. The summed E-state index contributed by atoms with van der Waals surface area (Å²) in [5, 5.41) is 0.574. The molecule has 0 N–H and O–H groups in total. The van der Waals surface area contributed by atoms with E-state index in [9.17, 15) is 0 Å². The highest BCUT2D eigenvalue weighted by molar-refractivity contribution is 6.32. The number of nitrogens with zero attached hydrogens (tertiary/aromatic N) is 2. The van der Waals surface area contributed by atoms with E-state index in [2.05, 4.69) is 9.97 Å². The highest BCUT2D eigenvalue weighted by Crippen LogP contribution is 2.32. The predicted octanol–water partition coefficient (Wildman–Crippen LogP) is 2.37. The molecule has 64 valence electrons. The van der Waals surface area contributed by atoms with Crippen LogP contribution in [-0.2, 0) is 11.3 Å². The Labute approximate surface area is 79.7 Å². The van der Waals surface area contributed by atoms with Crippen molar-refractivity contribution in [1.82, 2.24) is 9.97 Å². The predicted molar refractivity (Wildman–Crippen MR) is 45.3 cm³/mol. The van der Waals surface area contributed by atoms with E-state index < -0.39 is 0 Å². The average Bonchev–Trinajstić information content (AvgIpc) is 2.33. The smallest absolute Gasteiger partial charge is 0.224 e. The third kappa shape index (κ3) is 1.18. The Morgan fingerprint density at radius 2 is 2.17 bits per heavy atom. The first kappa shape index (κ1) is 8.23. The molecule has 0 bridgehead atoms. The van der Waals surface area contributed by atoms with Crippen LogP contribution < -0.4 is 0 Å². The molecule has 1 aliphatic heterocycles. The lowest BCUT2D eigenvalue weighted by Crippen LogP contribution is -1.96.